The number of methoxy groups -OCH3 is 2. The fraction of sp³-hybridized carbons (Fsp3) is 0.545. The van der Waals surface area contributed by atoms with Crippen LogP contribution in [-0.4, -0.2) is 52.0 Å². The van der Waals surface area contributed by atoms with Crippen LogP contribution >= 0.6 is 0 Å². The van der Waals surface area contributed by atoms with E-state index in [1.807, 2.05) is 6.07 Å². The Morgan fingerprint density at radius 3 is 2.63 bits per heavy atom. The molecule has 1 saturated heterocycles. The van der Waals surface area contributed by atoms with Gasteiger partial charge in [-0.05, 0) is 50.8 Å². The van der Waals surface area contributed by atoms with Gasteiger partial charge in [-0.15, -0.1) is 0 Å². The van der Waals surface area contributed by atoms with Gasteiger partial charge in [-0.1, -0.05) is 6.07 Å². The molecule has 2 heterocycles. The second-order valence-corrected chi connectivity index (χ2v) is 7.74. The zero-order valence-corrected chi connectivity index (χ0v) is 18.2. The van der Waals surface area contributed by atoms with Crippen LogP contribution in [0.4, 0.5) is 4.79 Å². The van der Waals surface area contributed by atoms with Crippen molar-refractivity contribution in [1.82, 2.24) is 10.6 Å². The van der Waals surface area contributed by atoms with Crippen molar-refractivity contribution in [3.63, 3.8) is 0 Å². The van der Waals surface area contributed by atoms with Gasteiger partial charge in [0.25, 0.3) is 0 Å². The van der Waals surface area contributed by atoms with E-state index in [-0.39, 0.29) is 12.6 Å². The number of benzene rings is 1. The third kappa shape index (κ3) is 4.70. The van der Waals surface area contributed by atoms with Crippen LogP contribution in [0.2, 0.25) is 0 Å². The number of piperidine rings is 1. The summed E-state index contributed by atoms with van der Waals surface area (Å²) < 4.78 is 16.1. The number of quaternary nitrogens is 1. The Balaban J connectivity index is 2.03. The highest BCUT2D eigenvalue weighted by Crippen LogP contribution is 2.34. The molecule has 1 aromatic rings. The van der Waals surface area contributed by atoms with E-state index in [2.05, 4.69) is 17.6 Å². The number of hydrogen-bond donors (Lipinski definition) is 3. The molecule has 1 unspecified atom stereocenters. The second kappa shape index (κ2) is 9.84. The Kier molecular flexibility index (Phi) is 7.20. The second-order valence-electron chi connectivity index (χ2n) is 7.74. The average molecular weight is 419 g/mol. The Hall–Kier alpha value is -2.74. The Bertz CT molecular complexity index is 823. The molecule has 0 aromatic heterocycles. The third-order valence-electron chi connectivity index (χ3n) is 5.88. The summed E-state index contributed by atoms with van der Waals surface area (Å²) in [5.74, 6) is 0.682. The smallest absolute Gasteiger partial charge is 0.338 e. The number of amides is 2. The first-order valence-electron chi connectivity index (χ1n) is 10.5. The maximum Gasteiger partial charge on any atom is 0.338 e. The zero-order valence-electron chi connectivity index (χ0n) is 18.2. The van der Waals surface area contributed by atoms with E-state index < -0.39 is 12.0 Å². The van der Waals surface area contributed by atoms with Crippen LogP contribution in [0.25, 0.3) is 0 Å². The lowest BCUT2D eigenvalue weighted by Gasteiger charge is -2.34. The molecule has 0 saturated carbocycles. The first kappa shape index (κ1) is 22.0. The fourth-order valence-electron chi connectivity index (χ4n) is 4.23. The number of ether oxygens (including phenoxy) is 3. The van der Waals surface area contributed by atoms with Crippen LogP contribution in [0.3, 0.4) is 0 Å². The summed E-state index contributed by atoms with van der Waals surface area (Å²) in [6.07, 6.45) is 3.51. The van der Waals surface area contributed by atoms with Gasteiger partial charge in [0.15, 0.2) is 11.5 Å². The van der Waals surface area contributed by atoms with E-state index >= 15 is 0 Å². The van der Waals surface area contributed by atoms with Crippen LogP contribution < -0.4 is 25.0 Å². The number of nitrogens with one attached hydrogen (secondary N) is 3. The van der Waals surface area contributed by atoms with Crippen LogP contribution in [0.1, 0.15) is 44.7 Å². The van der Waals surface area contributed by atoms with Gasteiger partial charge in [0.1, 0.15) is 6.54 Å². The Morgan fingerprint density at radius 2 is 1.97 bits per heavy atom. The van der Waals surface area contributed by atoms with E-state index in [4.69, 9.17) is 14.2 Å². The summed E-state index contributed by atoms with van der Waals surface area (Å²) in [4.78, 5) is 26.8. The predicted molar refractivity (Wildman–Crippen MR) is 112 cm³/mol. The third-order valence-corrected chi connectivity index (χ3v) is 5.88. The molecule has 2 amide bonds. The molecule has 0 spiro atoms. The highest BCUT2D eigenvalue weighted by Gasteiger charge is 2.36. The minimum absolute atomic E-state index is 0.259. The van der Waals surface area contributed by atoms with Crippen molar-refractivity contribution >= 4 is 12.0 Å². The van der Waals surface area contributed by atoms with Gasteiger partial charge in [-0.3, -0.25) is 0 Å². The largest absolute Gasteiger partial charge is 0.493 e. The van der Waals surface area contributed by atoms with Crippen molar-refractivity contribution in [3.8, 4) is 11.5 Å². The lowest BCUT2D eigenvalue weighted by atomic mass is 9.94. The Labute approximate surface area is 177 Å². The average Bonchev–Trinajstić information content (AvgIpc) is 2.74. The summed E-state index contributed by atoms with van der Waals surface area (Å²) >= 11 is 0. The van der Waals surface area contributed by atoms with Crippen molar-refractivity contribution in [2.75, 3.05) is 33.9 Å². The van der Waals surface area contributed by atoms with Crippen LogP contribution in [0, 0.1) is 0 Å². The lowest BCUT2D eigenvalue weighted by molar-refractivity contribution is -0.924. The maximum absolute atomic E-state index is 13.0. The molecule has 8 nitrogen and oxygen atoms in total. The van der Waals surface area contributed by atoms with Crippen molar-refractivity contribution in [2.45, 2.75) is 45.2 Å². The van der Waals surface area contributed by atoms with E-state index in [0.29, 0.717) is 35.4 Å². The first-order chi connectivity index (χ1) is 14.5. The number of hydrogen-bond acceptors (Lipinski definition) is 5. The molecule has 3 rings (SSSR count). The van der Waals surface area contributed by atoms with Gasteiger partial charge in [-0.25, -0.2) is 9.59 Å². The highest BCUT2D eigenvalue weighted by molar-refractivity contribution is 5.95. The fourth-order valence-corrected chi connectivity index (χ4v) is 4.23. The lowest BCUT2D eigenvalue weighted by Crippen LogP contribution is -3.16. The molecule has 1 fully saturated rings. The van der Waals surface area contributed by atoms with Crippen molar-refractivity contribution in [3.05, 3.63) is 35.0 Å². The number of urea groups is 1. The van der Waals surface area contributed by atoms with E-state index in [9.17, 15) is 9.59 Å². The molecule has 30 heavy (non-hydrogen) atoms. The molecule has 2 aliphatic heterocycles. The number of likely N-dealkylation sites (tertiary alicyclic amines) is 1. The number of esters is 1. The van der Waals surface area contributed by atoms with Crippen molar-refractivity contribution in [1.29, 1.82) is 0 Å². The molecular formula is C22H32N3O5+. The van der Waals surface area contributed by atoms with E-state index in [1.54, 1.807) is 33.3 Å². The van der Waals surface area contributed by atoms with Gasteiger partial charge < -0.3 is 29.7 Å². The summed E-state index contributed by atoms with van der Waals surface area (Å²) in [7, 11) is 3.12. The molecule has 3 N–H and O–H groups in total. The summed E-state index contributed by atoms with van der Waals surface area (Å²) in [6, 6.07) is 4.88. The molecule has 8 heteroatoms. The Morgan fingerprint density at radius 1 is 1.20 bits per heavy atom. The van der Waals surface area contributed by atoms with Gasteiger partial charge in [0.05, 0.1) is 50.7 Å². The molecule has 0 aliphatic carbocycles. The van der Waals surface area contributed by atoms with Crippen molar-refractivity contribution < 1.29 is 28.7 Å². The van der Waals surface area contributed by atoms with Gasteiger partial charge >= 0.3 is 12.0 Å². The van der Waals surface area contributed by atoms with E-state index in [0.717, 1.165) is 24.9 Å². The summed E-state index contributed by atoms with van der Waals surface area (Å²) in [5, 5.41) is 5.75. The molecule has 0 bridgehead atoms. The van der Waals surface area contributed by atoms with Gasteiger partial charge in [0, 0.05) is 0 Å². The standard InChI is InChI=1S/C22H31N3O5/c1-5-30-21(26)19-16(13-25-11-7-6-8-14(25)2)23-22(27)24-20(19)15-9-10-17(28-3)18(12-15)29-4/h9-10,12,14,20H,5-8,11,13H2,1-4H3,(H2,23,24,27)/p+1/t14-,20-/m1/s1. The van der Waals surface area contributed by atoms with Crippen molar-refractivity contribution in [2.24, 2.45) is 0 Å². The number of carbonyl (C=O) groups excluding carboxylic acids is 2. The summed E-state index contributed by atoms with van der Waals surface area (Å²) in [6.45, 7) is 5.84. The maximum atomic E-state index is 13.0. The molecule has 2 aliphatic rings. The summed E-state index contributed by atoms with van der Waals surface area (Å²) in [5.41, 5.74) is 1.79. The minimum atomic E-state index is -0.632. The van der Waals surface area contributed by atoms with Gasteiger partial charge in [-0.2, -0.15) is 0 Å². The normalized spacial score (nSPS) is 24.0. The molecule has 1 aromatic carbocycles. The monoisotopic (exact) mass is 418 g/mol. The minimum Gasteiger partial charge on any atom is -0.493 e. The number of rotatable bonds is 7. The molecule has 164 valence electrons. The van der Waals surface area contributed by atoms with E-state index in [1.165, 1.54) is 11.3 Å². The number of carbonyl (C=O) groups is 2. The first-order valence-corrected chi connectivity index (χ1v) is 10.5. The molecule has 0 radical (unpaired) electrons. The molecule has 3 atom stereocenters. The predicted octanol–water partition coefficient (Wildman–Crippen LogP) is 1.33. The zero-order chi connectivity index (χ0) is 21.7. The molecular weight excluding hydrogens is 386 g/mol. The highest BCUT2D eigenvalue weighted by atomic mass is 16.5. The van der Waals surface area contributed by atoms with Crippen LogP contribution in [0.15, 0.2) is 29.5 Å². The quantitative estimate of drug-likeness (QED) is 0.582. The van der Waals surface area contributed by atoms with Gasteiger partial charge in [0.2, 0.25) is 0 Å². The van der Waals surface area contributed by atoms with Crippen LogP contribution in [0.5, 0.6) is 11.5 Å². The van der Waals surface area contributed by atoms with Crippen LogP contribution in [-0.2, 0) is 9.53 Å². The SMILES string of the molecule is CCOC(=O)C1=C(C[NH+]2CCCC[C@H]2C)NC(=O)N[C@@H]1c1ccc(OC)c(OC)c1. The topological polar surface area (TPSA) is 90.3 Å².